The smallest absolute Gasteiger partial charge is 0.164 e. The van der Waals surface area contributed by atoms with Crippen molar-refractivity contribution < 1.29 is 34.4 Å². The van der Waals surface area contributed by atoms with Gasteiger partial charge in [-0.05, 0) is 46.8 Å². The van der Waals surface area contributed by atoms with Crippen LogP contribution in [-0.4, -0.2) is 15.9 Å². The standard InChI is InChI=1S/C21H15FN.C13H24O2.Ir/c1-13-9-14(2)11-16(10-13)21-20-15(7-8-23-21)12-19(22)17-5-3-4-6-18(17)20;1-7-12(3,4)10(14)9-11(15)13(5,6)8-2;/h3-10,12H,1-2H3;9,14H,7-8H2,1-6H3;/q-1;;/b;10-9-;. The molecule has 0 atom stereocenters. The topological polar surface area (TPSA) is 50.2 Å². The van der Waals surface area contributed by atoms with Gasteiger partial charge in [0.2, 0.25) is 0 Å². The van der Waals surface area contributed by atoms with Crippen LogP contribution in [0.4, 0.5) is 4.39 Å². The SMILES string of the molecule is CCC(C)(C)C(=O)/C=C(\O)C(C)(C)CC.Cc1[c-]c(-c2nccc3cc(F)c4ccccc4c23)cc(C)c1.[Ir]. The molecule has 0 aliphatic heterocycles. The number of pyridine rings is 1. The Morgan fingerprint density at radius 2 is 1.59 bits per heavy atom. The summed E-state index contributed by atoms with van der Waals surface area (Å²) < 4.78 is 14.4. The summed E-state index contributed by atoms with van der Waals surface area (Å²) in [6, 6.07) is 18.5. The monoisotopic (exact) mass is 705 g/mol. The number of aliphatic hydroxyl groups excluding tert-OH is 1. The first kappa shape index (κ1) is 32.3. The van der Waals surface area contributed by atoms with E-state index in [9.17, 15) is 14.3 Å². The fourth-order valence-corrected chi connectivity index (χ4v) is 4.10. The van der Waals surface area contributed by atoms with Crippen LogP contribution >= 0.6 is 0 Å². The van der Waals surface area contributed by atoms with E-state index in [0.29, 0.717) is 5.39 Å². The number of hydrogen-bond donors (Lipinski definition) is 1. The van der Waals surface area contributed by atoms with E-state index in [4.69, 9.17) is 0 Å². The Labute approximate surface area is 245 Å². The van der Waals surface area contributed by atoms with Crippen molar-refractivity contribution >= 4 is 27.3 Å². The van der Waals surface area contributed by atoms with Crippen molar-refractivity contribution in [3.63, 3.8) is 0 Å². The zero-order valence-corrected chi connectivity index (χ0v) is 26.6. The van der Waals surface area contributed by atoms with E-state index >= 15 is 0 Å². The van der Waals surface area contributed by atoms with Gasteiger partial charge >= 0.3 is 0 Å². The summed E-state index contributed by atoms with van der Waals surface area (Å²) in [5.74, 6) is -0.00444. The molecule has 4 rings (SSSR count). The van der Waals surface area contributed by atoms with Crippen molar-refractivity contribution in [2.45, 2.75) is 68.2 Å². The molecule has 0 fully saturated rings. The zero-order valence-electron chi connectivity index (χ0n) is 24.2. The van der Waals surface area contributed by atoms with Gasteiger partial charge in [-0.15, -0.1) is 34.9 Å². The maximum Gasteiger partial charge on any atom is 0.164 e. The van der Waals surface area contributed by atoms with Crippen LogP contribution in [0.1, 0.15) is 65.5 Å². The molecule has 0 spiro atoms. The number of aliphatic hydroxyl groups is 1. The molecule has 1 heterocycles. The summed E-state index contributed by atoms with van der Waals surface area (Å²) in [4.78, 5) is 16.4. The maximum absolute atomic E-state index is 14.4. The third-order valence-corrected chi connectivity index (χ3v) is 7.52. The van der Waals surface area contributed by atoms with Crippen molar-refractivity contribution in [3.8, 4) is 11.3 Å². The van der Waals surface area contributed by atoms with Gasteiger partial charge < -0.3 is 10.1 Å². The fraction of sp³-hybridized carbons (Fsp3) is 0.353. The molecule has 3 nitrogen and oxygen atoms in total. The van der Waals surface area contributed by atoms with Gasteiger partial charge in [-0.25, -0.2) is 4.39 Å². The first-order chi connectivity index (χ1) is 17.8. The molecule has 1 radical (unpaired) electrons. The number of benzene rings is 3. The number of hydrogen-bond acceptors (Lipinski definition) is 3. The van der Waals surface area contributed by atoms with Crippen LogP contribution in [0.5, 0.6) is 0 Å². The minimum Gasteiger partial charge on any atom is -0.512 e. The van der Waals surface area contributed by atoms with Gasteiger partial charge in [0.15, 0.2) is 5.78 Å². The van der Waals surface area contributed by atoms with Crippen LogP contribution in [0.2, 0.25) is 0 Å². The zero-order chi connectivity index (χ0) is 28.3. The number of ketones is 1. The summed E-state index contributed by atoms with van der Waals surface area (Å²) in [5, 5.41) is 13.2. The molecule has 1 N–H and O–H groups in total. The van der Waals surface area contributed by atoms with E-state index in [-0.39, 0.29) is 48.3 Å². The van der Waals surface area contributed by atoms with Crippen LogP contribution in [0.3, 0.4) is 0 Å². The summed E-state index contributed by atoms with van der Waals surface area (Å²) in [6.45, 7) is 15.7. The Balaban J connectivity index is 0.000000294. The average molecular weight is 705 g/mol. The van der Waals surface area contributed by atoms with Gasteiger partial charge in [0.05, 0.1) is 0 Å². The van der Waals surface area contributed by atoms with E-state index < -0.39 is 0 Å². The summed E-state index contributed by atoms with van der Waals surface area (Å²) in [5.41, 5.74) is 3.36. The van der Waals surface area contributed by atoms with E-state index in [1.165, 1.54) is 11.6 Å². The quantitative estimate of drug-likeness (QED) is 0.0942. The Morgan fingerprint density at radius 1 is 0.974 bits per heavy atom. The summed E-state index contributed by atoms with van der Waals surface area (Å²) in [7, 11) is 0. The molecule has 1 aromatic heterocycles. The number of rotatable bonds is 6. The molecule has 0 unspecified atom stereocenters. The van der Waals surface area contributed by atoms with Gasteiger partial charge in [0.25, 0.3) is 0 Å². The molecule has 0 aliphatic rings. The molecule has 3 aromatic carbocycles. The number of carbonyl (C=O) groups is 1. The van der Waals surface area contributed by atoms with Crippen molar-refractivity contribution in [1.29, 1.82) is 0 Å². The van der Waals surface area contributed by atoms with Crippen molar-refractivity contribution in [2.24, 2.45) is 10.8 Å². The minimum absolute atomic E-state index is 0. The van der Waals surface area contributed by atoms with Crippen molar-refractivity contribution in [3.05, 3.63) is 89.6 Å². The maximum atomic E-state index is 14.4. The third-order valence-electron chi connectivity index (χ3n) is 7.52. The second-order valence-electron chi connectivity index (χ2n) is 11.3. The van der Waals surface area contributed by atoms with Crippen LogP contribution in [0.15, 0.2) is 66.6 Å². The van der Waals surface area contributed by atoms with E-state index in [1.54, 1.807) is 12.3 Å². The number of allylic oxidation sites excluding steroid dienone is 2. The van der Waals surface area contributed by atoms with E-state index in [1.807, 2.05) is 78.8 Å². The predicted octanol–water partition coefficient (Wildman–Crippen LogP) is 9.48. The molecule has 5 heteroatoms. The average Bonchev–Trinajstić information content (AvgIpc) is 2.88. The molecule has 0 saturated carbocycles. The number of fused-ring (bicyclic) bond motifs is 3. The number of aryl methyl sites for hydroxylation is 2. The van der Waals surface area contributed by atoms with Crippen molar-refractivity contribution in [2.75, 3.05) is 0 Å². The molecule has 0 aliphatic carbocycles. The summed E-state index contributed by atoms with van der Waals surface area (Å²) >= 11 is 0. The van der Waals surface area contributed by atoms with Gasteiger partial charge in [-0.1, -0.05) is 79.7 Å². The second-order valence-corrected chi connectivity index (χ2v) is 11.3. The molecule has 4 aromatic rings. The van der Waals surface area contributed by atoms with Crippen LogP contribution in [0, 0.1) is 36.6 Å². The molecule has 0 saturated heterocycles. The molecule has 209 valence electrons. The Hall–Kier alpha value is -2.88. The third kappa shape index (κ3) is 7.41. The van der Waals surface area contributed by atoms with Crippen molar-refractivity contribution in [1.82, 2.24) is 4.98 Å². The predicted molar refractivity (Wildman–Crippen MR) is 157 cm³/mol. The van der Waals surface area contributed by atoms with Crippen LogP contribution in [-0.2, 0) is 24.9 Å². The van der Waals surface area contributed by atoms with E-state index in [0.717, 1.165) is 45.8 Å². The van der Waals surface area contributed by atoms with Gasteiger partial charge in [-0.3, -0.25) is 4.79 Å². The number of nitrogens with zero attached hydrogens (tertiary/aromatic N) is 1. The van der Waals surface area contributed by atoms with Gasteiger partial charge in [-0.2, -0.15) is 0 Å². The Bertz CT molecular complexity index is 1480. The number of aromatic nitrogens is 1. The van der Waals surface area contributed by atoms with Gasteiger partial charge in [0, 0.05) is 48.6 Å². The largest absolute Gasteiger partial charge is 0.512 e. The van der Waals surface area contributed by atoms with E-state index in [2.05, 4.69) is 30.1 Å². The Morgan fingerprint density at radius 3 is 2.18 bits per heavy atom. The summed E-state index contributed by atoms with van der Waals surface area (Å²) in [6.07, 6.45) is 4.72. The minimum atomic E-state index is -0.377. The molecule has 0 amide bonds. The normalized spacial score (nSPS) is 12.1. The Kier molecular flexibility index (Phi) is 10.8. The molecule has 0 bridgehead atoms. The van der Waals surface area contributed by atoms with Crippen LogP contribution < -0.4 is 0 Å². The second kappa shape index (κ2) is 13.0. The van der Waals surface area contributed by atoms with Gasteiger partial charge in [0.1, 0.15) is 11.6 Å². The first-order valence-corrected chi connectivity index (χ1v) is 13.2. The molecular weight excluding hydrogens is 666 g/mol. The molecule has 39 heavy (non-hydrogen) atoms. The fourth-order valence-electron chi connectivity index (χ4n) is 4.10. The first-order valence-electron chi connectivity index (χ1n) is 13.2. The number of halogens is 1. The number of carbonyl (C=O) groups excluding carboxylic acids is 1. The van der Waals surface area contributed by atoms with Crippen LogP contribution in [0.25, 0.3) is 32.8 Å². The molecular formula is C34H39FIrNO2-.